The zero-order valence-electron chi connectivity index (χ0n) is 11.5. The molecule has 0 radical (unpaired) electrons. The van der Waals surface area contributed by atoms with Crippen LogP contribution < -0.4 is 0 Å². The summed E-state index contributed by atoms with van der Waals surface area (Å²) in [7, 11) is 1.40. The Morgan fingerprint density at radius 1 is 1.25 bits per heavy atom. The summed E-state index contributed by atoms with van der Waals surface area (Å²) in [6.45, 7) is 1.23. The first-order chi connectivity index (χ1) is 9.60. The number of amides is 1. The first-order valence-corrected chi connectivity index (χ1v) is 7.08. The van der Waals surface area contributed by atoms with Crippen LogP contribution in [0.4, 0.5) is 0 Å². The number of benzene rings is 1. The molecule has 1 heterocycles. The first-order valence-electron chi connectivity index (χ1n) is 6.70. The average molecular weight is 296 g/mol. The minimum absolute atomic E-state index is 0.0698. The van der Waals surface area contributed by atoms with Crippen molar-refractivity contribution in [3.8, 4) is 0 Å². The van der Waals surface area contributed by atoms with Gasteiger partial charge >= 0.3 is 5.97 Å². The molecule has 0 aliphatic carbocycles. The standard InChI is InChI=1S/C15H18ClNO3/c1-20-15(19)12-6-8-17(9-7-12)14(18)10-11-2-4-13(16)5-3-11/h2-5,12H,6-10H2,1H3. The number of hydrogen-bond donors (Lipinski definition) is 0. The minimum atomic E-state index is -0.171. The lowest BCUT2D eigenvalue weighted by Crippen LogP contribution is -2.41. The number of halogens is 1. The third-order valence-electron chi connectivity index (χ3n) is 3.65. The molecule has 2 rings (SSSR count). The number of carbonyl (C=O) groups excluding carboxylic acids is 2. The number of hydrogen-bond acceptors (Lipinski definition) is 3. The van der Waals surface area contributed by atoms with Gasteiger partial charge in [0.05, 0.1) is 19.4 Å². The molecule has 1 aromatic carbocycles. The average Bonchev–Trinajstić information content (AvgIpc) is 2.49. The van der Waals surface area contributed by atoms with Gasteiger partial charge in [0.2, 0.25) is 5.91 Å². The van der Waals surface area contributed by atoms with E-state index < -0.39 is 0 Å². The predicted molar refractivity (Wildman–Crippen MR) is 76.5 cm³/mol. The van der Waals surface area contributed by atoms with Crippen LogP contribution in [0.1, 0.15) is 18.4 Å². The van der Waals surface area contributed by atoms with Gasteiger partial charge in [0.1, 0.15) is 0 Å². The van der Waals surface area contributed by atoms with Crippen molar-refractivity contribution in [1.82, 2.24) is 4.90 Å². The number of esters is 1. The van der Waals surface area contributed by atoms with Gasteiger partial charge in [-0.15, -0.1) is 0 Å². The van der Waals surface area contributed by atoms with Crippen LogP contribution >= 0.6 is 11.6 Å². The molecule has 1 aliphatic rings. The predicted octanol–water partition coefficient (Wildman–Crippen LogP) is 2.29. The Hall–Kier alpha value is -1.55. The van der Waals surface area contributed by atoms with Gasteiger partial charge in [0, 0.05) is 18.1 Å². The van der Waals surface area contributed by atoms with Gasteiger partial charge in [-0.05, 0) is 30.5 Å². The highest BCUT2D eigenvalue weighted by Crippen LogP contribution is 2.19. The molecule has 108 valence electrons. The summed E-state index contributed by atoms with van der Waals surface area (Å²) in [5.41, 5.74) is 0.953. The minimum Gasteiger partial charge on any atom is -0.469 e. The van der Waals surface area contributed by atoms with Gasteiger partial charge in [0.25, 0.3) is 0 Å². The normalized spacial score (nSPS) is 16.0. The molecule has 0 atom stereocenters. The Balaban J connectivity index is 1.85. The maximum atomic E-state index is 12.2. The summed E-state index contributed by atoms with van der Waals surface area (Å²) in [6.07, 6.45) is 1.73. The third-order valence-corrected chi connectivity index (χ3v) is 3.90. The number of methoxy groups -OCH3 is 1. The molecule has 0 saturated carbocycles. The zero-order valence-corrected chi connectivity index (χ0v) is 12.2. The molecule has 5 heteroatoms. The van der Waals surface area contributed by atoms with Crippen molar-refractivity contribution in [3.05, 3.63) is 34.9 Å². The van der Waals surface area contributed by atoms with E-state index in [-0.39, 0.29) is 17.8 Å². The molecule has 0 aromatic heterocycles. The van der Waals surface area contributed by atoms with Gasteiger partial charge in [-0.25, -0.2) is 0 Å². The van der Waals surface area contributed by atoms with E-state index in [1.807, 2.05) is 17.0 Å². The van der Waals surface area contributed by atoms with Crippen molar-refractivity contribution in [2.75, 3.05) is 20.2 Å². The number of likely N-dealkylation sites (tertiary alicyclic amines) is 1. The summed E-state index contributed by atoms with van der Waals surface area (Å²) < 4.78 is 4.74. The van der Waals surface area contributed by atoms with E-state index in [0.29, 0.717) is 37.4 Å². The summed E-state index contributed by atoms with van der Waals surface area (Å²) in [6, 6.07) is 7.30. The second-order valence-electron chi connectivity index (χ2n) is 4.98. The maximum Gasteiger partial charge on any atom is 0.308 e. The lowest BCUT2D eigenvalue weighted by atomic mass is 9.96. The van der Waals surface area contributed by atoms with Gasteiger partial charge in [-0.1, -0.05) is 23.7 Å². The number of nitrogens with zero attached hydrogens (tertiary/aromatic N) is 1. The monoisotopic (exact) mass is 295 g/mol. The van der Waals surface area contributed by atoms with Crippen LogP contribution in [0.15, 0.2) is 24.3 Å². The van der Waals surface area contributed by atoms with Gasteiger partial charge in [-0.3, -0.25) is 9.59 Å². The van der Waals surface area contributed by atoms with E-state index in [4.69, 9.17) is 16.3 Å². The largest absolute Gasteiger partial charge is 0.469 e. The Labute approximate surface area is 123 Å². The molecular formula is C15H18ClNO3. The van der Waals surface area contributed by atoms with Crippen molar-refractivity contribution in [2.45, 2.75) is 19.3 Å². The number of rotatable bonds is 3. The van der Waals surface area contributed by atoms with Crippen LogP contribution in [0.5, 0.6) is 0 Å². The molecule has 4 nitrogen and oxygen atoms in total. The molecule has 0 N–H and O–H groups in total. The Morgan fingerprint density at radius 2 is 1.85 bits per heavy atom. The first kappa shape index (κ1) is 14.9. The molecule has 1 aromatic rings. The molecule has 0 bridgehead atoms. The van der Waals surface area contributed by atoms with Crippen molar-refractivity contribution < 1.29 is 14.3 Å². The SMILES string of the molecule is COC(=O)C1CCN(C(=O)Cc2ccc(Cl)cc2)CC1. The van der Waals surface area contributed by atoms with Gasteiger partial charge in [-0.2, -0.15) is 0 Å². The smallest absolute Gasteiger partial charge is 0.308 e. The highest BCUT2D eigenvalue weighted by atomic mass is 35.5. The van der Waals surface area contributed by atoms with Gasteiger partial charge in [0.15, 0.2) is 0 Å². The highest BCUT2D eigenvalue weighted by Gasteiger charge is 2.27. The Bertz CT molecular complexity index is 478. The lowest BCUT2D eigenvalue weighted by molar-refractivity contribution is -0.148. The fraction of sp³-hybridized carbons (Fsp3) is 0.467. The van der Waals surface area contributed by atoms with E-state index >= 15 is 0 Å². The van der Waals surface area contributed by atoms with Crippen molar-refractivity contribution in [2.24, 2.45) is 5.92 Å². The van der Waals surface area contributed by atoms with Gasteiger partial charge < -0.3 is 9.64 Å². The second-order valence-corrected chi connectivity index (χ2v) is 5.42. The van der Waals surface area contributed by atoms with Crippen LogP contribution in [-0.4, -0.2) is 37.0 Å². The fourth-order valence-electron chi connectivity index (χ4n) is 2.42. The zero-order chi connectivity index (χ0) is 14.5. The van der Waals surface area contributed by atoms with E-state index in [1.165, 1.54) is 7.11 Å². The topological polar surface area (TPSA) is 46.6 Å². The van der Waals surface area contributed by atoms with Crippen LogP contribution in [0.2, 0.25) is 5.02 Å². The van der Waals surface area contributed by atoms with Crippen molar-refractivity contribution in [3.63, 3.8) is 0 Å². The number of ether oxygens (including phenoxy) is 1. The summed E-state index contributed by atoms with van der Waals surface area (Å²) >= 11 is 5.82. The van der Waals surface area contributed by atoms with E-state index in [2.05, 4.69) is 0 Å². The van der Waals surface area contributed by atoms with Crippen LogP contribution in [0.3, 0.4) is 0 Å². The van der Waals surface area contributed by atoms with E-state index in [9.17, 15) is 9.59 Å². The molecule has 0 spiro atoms. The summed E-state index contributed by atoms with van der Waals surface area (Å²) in [4.78, 5) is 25.4. The summed E-state index contributed by atoms with van der Waals surface area (Å²) in [5.74, 6) is -0.148. The lowest BCUT2D eigenvalue weighted by Gasteiger charge is -2.30. The number of piperidine rings is 1. The fourth-order valence-corrected chi connectivity index (χ4v) is 2.55. The molecule has 1 saturated heterocycles. The van der Waals surface area contributed by atoms with E-state index in [0.717, 1.165) is 5.56 Å². The third kappa shape index (κ3) is 3.73. The van der Waals surface area contributed by atoms with Crippen LogP contribution in [-0.2, 0) is 20.7 Å². The maximum absolute atomic E-state index is 12.2. The second kappa shape index (κ2) is 6.75. The van der Waals surface area contributed by atoms with Crippen molar-refractivity contribution in [1.29, 1.82) is 0 Å². The molecule has 1 fully saturated rings. The molecule has 1 amide bonds. The van der Waals surface area contributed by atoms with Crippen LogP contribution in [0.25, 0.3) is 0 Å². The number of carbonyl (C=O) groups is 2. The Kier molecular flexibility index (Phi) is 5.01. The Morgan fingerprint density at radius 3 is 2.40 bits per heavy atom. The van der Waals surface area contributed by atoms with Crippen LogP contribution in [0, 0.1) is 5.92 Å². The molecule has 1 aliphatic heterocycles. The quantitative estimate of drug-likeness (QED) is 0.804. The van der Waals surface area contributed by atoms with Crippen molar-refractivity contribution >= 4 is 23.5 Å². The summed E-state index contributed by atoms with van der Waals surface area (Å²) in [5, 5.41) is 0.667. The highest BCUT2D eigenvalue weighted by molar-refractivity contribution is 6.30. The molecular weight excluding hydrogens is 278 g/mol. The molecule has 0 unspecified atom stereocenters. The van der Waals surface area contributed by atoms with E-state index in [1.54, 1.807) is 12.1 Å². The molecule has 20 heavy (non-hydrogen) atoms.